The first-order valence-electron chi connectivity index (χ1n) is 7.27. The van der Waals surface area contributed by atoms with Crippen molar-refractivity contribution in [3.8, 4) is 0 Å². The lowest BCUT2D eigenvalue weighted by Crippen LogP contribution is -2.46. The van der Waals surface area contributed by atoms with Gasteiger partial charge in [0.1, 0.15) is 0 Å². The fourth-order valence-corrected chi connectivity index (χ4v) is 3.28. The van der Waals surface area contributed by atoms with Crippen molar-refractivity contribution in [3.05, 3.63) is 18.0 Å². The van der Waals surface area contributed by atoms with Gasteiger partial charge in [0, 0.05) is 30.3 Å². The van der Waals surface area contributed by atoms with Gasteiger partial charge in [0.05, 0.1) is 18.9 Å². The highest BCUT2D eigenvalue weighted by molar-refractivity contribution is 7.99. The van der Waals surface area contributed by atoms with Crippen molar-refractivity contribution >= 4 is 11.8 Å². The monoisotopic (exact) mass is 283 g/mol. The van der Waals surface area contributed by atoms with Crippen LogP contribution in [0.25, 0.3) is 0 Å². The molecule has 2 unspecified atom stereocenters. The molecular weight excluding hydrogens is 258 g/mol. The van der Waals surface area contributed by atoms with E-state index in [9.17, 15) is 0 Å². The molecule has 4 nitrogen and oxygen atoms in total. The van der Waals surface area contributed by atoms with E-state index in [1.807, 2.05) is 22.6 Å². The molecular formula is C14H25N3OS. The first-order chi connectivity index (χ1) is 9.33. The maximum absolute atomic E-state index is 5.93. The summed E-state index contributed by atoms with van der Waals surface area (Å²) in [6.45, 7) is 7.19. The second-order valence-electron chi connectivity index (χ2n) is 4.95. The third kappa shape index (κ3) is 4.51. The van der Waals surface area contributed by atoms with Crippen molar-refractivity contribution in [3.63, 3.8) is 0 Å². The van der Waals surface area contributed by atoms with E-state index in [4.69, 9.17) is 4.74 Å². The second kappa shape index (κ2) is 7.92. The number of hydrogen-bond acceptors (Lipinski definition) is 4. The molecule has 2 heterocycles. The number of ether oxygens (including phenoxy) is 1. The van der Waals surface area contributed by atoms with Crippen LogP contribution in [0.1, 0.15) is 25.8 Å². The number of nitrogens with one attached hydrogen (secondary N) is 1. The van der Waals surface area contributed by atoms with Gasteiger partial charge < -0.3 is 10.1 Å². The minimum absolute atomic E-state index is 0.329. The van der Waals surface area contributed by atoms with Gasteiger partial charge in [-0.05, 0) is 31.9 Å². The average molecular weight is 283 g/mol. The Balaban J connectivity index is 1.95. The number of hydrogen-bond donors (Lipinski definition) is 1. The smallest absolute Gasteiger partial charge is 0.0821 e. The van der Waals surface area contributed by atoms with Gasteiger partial charge in [-0.2, -0.15) is 16.9 Å². The molecule has 1 aliphatic heterocycles. The van der Waals surface area contributed by atoms with Gasteiger partial charge in [-0.15, -0.1) is 0 Å². The second-order valence-corrected chi connectivity index (χ2v) is 6.10. The summed E-state index contributed by atoms with van der Waals surface area (Å²) in [5.74, 6) is 2.23. The summed E-state index contributed by atoms with van der Waals surface area (Å²) in [6, 6.07) is 0.405. The molecule has 0 spiro atoms. The Morgan fingerprint density at radius 2 is 2.47 bits per heavy atom. The molecule has 0 radical (unpaired) electrons. The molecule has 1 aliphatic rings. The molecule has 19 heavy (non-hydrogen) atoms. The van der Waals surface area contributed by atoms with E-state index in [2.05, 4.69) is 30.5 Å². The highest BCUT2D eigenvalue weighted by Crippen LogP contribution is 2.18. The molecule has 108 valence electrons. The Morgan fingerprint density at radius 1 is 1.58 bits per heavy atom. The van der Waals surface area contributed by atoms with Gasteiger partial charge in [0.2, 0.25) is 0 Å². The molecule has 0 aromatic carbocycles. The van der Waals surface area contributed by atoms with Crippen molar-refractivity contribution < 1.29 is 4.74 Å². The Bertz CT molecular complexity index is 363. The van der Waals surface area contributed by atoms with Gasteiger partial charge in [-0.25, -0.2) is 0 Å². The lowest BCUT2D eigenvalue weighted by molar-refractivity contribution is 0.0472. The summed E-state index contributed by atoms with van der Waals surface area (Å²) in [7, 11) is 0. The van der Waals surface area contributed by atoms with E-state index in [0.29, 0.717) is 12.1 Å². The van der Waals surface area contributed by atoms with Crippen LogP contribution in [0.4, 0.5) is 0 Å². The Morgan fingerprint density at radius 3 is 3.11 bits per heavy atom. The SMILES string of the molecule is CCCNC(Cc1cnn(CC)c1)C1CSCCO1. The van der Waals surface area contributed by atoms with Crippen LogP contribution >= 0.6 is 11.8 Å². The molecule has 0 amide bonds. The molecule has 5 heteroatoms. The van der Waals surface area contributed by atoms with Gasteiger partial charge in [0.25, 0.3) is 0 Å². The van der Waals surface area contributed by atoms with Crippen molar-refractivity contribution in [2.45, 2.75) is 45.4 Å². The van der Waals surface area contributed by atoms with Crippen LogP contribution in [-0.4, -0.2) is 46.6 Å². The zero-order valence-electron chi connectivity index (χ0n) is 12.0. The third-order valence-corrected chi connectivity index (χ3v) is 4.43. The quantitative estimate of drug-likeness (QED) is 0.830. The zero-order chi connectivity index (χ0) is 13.5. The van der Waals surface area contributed by atoms with E-state index in [1.165, 1.54) is 5.56 Å². The van der Waals surface area contributed by atoms with Crippen LogP contribution in [0.3, 0.4) is 0 Å². The van der Waals surface area contributed by atoms with E-state index < -0.39 is 0 Å². The Hall–Kier alpha value is -0.520. The van der Waals surface area contributed by atoms with Crippen LogP contribution < -0.4 is 5.32 Å². The average Bonchev–Trinajstić information content (AvgIpc) is 2.92. The topological polar surface area (TPSA) is 39.1 Å². The predicted octanol–water partition coefficient (Wildman–Crippen LogP) is 1.95. The largest absolute Gasteiger partial charge is 0.375 e. The number of aromatic nitrogens is 2. The van der Waals surface area contributed by atoms with Crippen molar-refractivity contribution in [2.24, 2.45) is 0 Å². The van der Waals surface area contributed by atoms with E-state index in [1.54, 1.807) is 0 Å². The van der Waals surface area contributed by atoms with E-state index in [-0.39, 0.29) is 0 Å². The zero-order valence-corrected chi connectivity index (χ0v) is 12.8. The number of nitrogens with zero attached hydrogens (tertiary/aromatic N) is 2. The molecule has 0 aliphatic carbocycles. The van der Waals surface area contributed by atoms with Gasteiger partial charge in [0.15, 0.2) is 0 Å². The summed E-state index contributed by atoms with van der Waals surface area (Å²) in [5, 5.41) is 8.00. The predicted molar refractivity (Wildman–Crippen MR) is 80.8 cm³/mol. The minimum atomic E-state index is 0.329. The Labute approximate surface area is 120 Å². The number of thioether (sulfide) groups is 1. The molecule has 1 saturated heterocycles. The minimum Gasteiger partial charge on any atom is -0.375 e. The molecule has 0 bridgehead atoms. The molecule has 0 saturated carbocycles. The van der Waals surface area contributed by atoms with Crippen LogP contribution in [-0.2, 0) is 17.7 Å². The molecule has 1 fully saturated rings. The molecule has 2 atom stereocenters. The fourth-order valence-electron chi connectivity index (χ4n) is 2.34. The van der Waals surface area contributed by atoms with Crippen molar-refractivity contribution in [1.82, 2.24) is 15.1 Å². The highest BCUT2D eigenvalue weighted by atomic mass is 32.2. The fraction of sp³-hybridized carbons (Fsp3) is 0.786. The molecule has 2 rings (SSSR count). The highest BCUT2D eigenvalue weighted by Gasteiger charge is 2.24. The van der Waals surface area contributed by atoms with Gasteiger partial charge in [-0.1, -0.05) is 6.92 Å². The standard InChI is InChI=1S/C14H25N3OS/c1-3-5-15-13(14-11-19-7-6-18-14)8-12-9-16-17(4-2)10-12/h9-10,13-15H,3-8,11H2,1-2H3. The summed E-state index contributed by atoms with van der Waals surface area (Å²) < 4.78 is 7.92. The van der Waals surface area contributed by atoms with Gasteiger partial charge >= 0.3 is 0 Å². The summed E-state index contributed by atoms with van der Waals surface area (Å²) in [6.07, 6.45) is 6.63. The first kappa shape index (κ1) is 14.9. The molecule has 1 aromatic rings. The Kier molecular flexibility index (Phi) is 6.20. The lowest BCUT2D eigenvalue weighted by atomic mass is 10.0. The summed E-state index contributed by atoms with van der Waals surface area (Å²) >= 11 is 2.00. The number of rotatable bonds is 7. The molecule has 1 aromatic heterocycles. The summed E-state index contributed by atoms with van der Waals surface area (Å²) in [5.41, 5.74) is 1.30. The normalized spacial score (nSPS) is 21.5. The van der Waals surface area contributed by atoms with Crippen LogP contribution in [0, 0.1) is 0 Å². The van der Waals surface area contributed by atoms with Crippen LogP contribution in [0.2, 0.25) is 0 Å². The maximum atomic E-state index is 5.93. The third-order valence-electron chi connectivity index (χ3n) is 3.41. The van der Waals surface area contributed by atoms with Crippen LogP contribution in [0.5, 0.6) is 0 Å². The summed E-state index contributed by atoms with van der Waals surface area (Å²) in [4.78, 5) is 0. The van der Waals surface area contributed by atoms with E-state index >= 15 is 0 Å². The van der Waals surface area contributed by atoms with Crippen molar-refractivity contribution in [2.75, 3.05) is 24.7 Å². The van der Waals surface area contributed by atoms with E-state index in [0.717, 1.165) is 44.0 Å². The van der Waals surface area contributed by atoms with Crippen LogP contribution in [0.15, 0.2) is 12.4 Å². The first-order valence-corrected chi connectivity index (χ1v) is 8.43. The molecule has 1 N–H and O–H groups in total. The maximum Gasteiger partial charge on any atom is 0.0821 e. The van der Waals surface area contributed by atoms with Gasteiger partial charge in [-0.3, -0.25) is 4.68 Å². The van der Waals surface area contributed by atoms with Crippen molar-refractivity contribution in [1.29, 1.82) is 0 Å². The number of aryl methyl sites for hydroxylation is 1. The lowest BCUT2D eigenvalue weighted by Gasteiger charge is -2.30.